The van der Waals surface area contributed by atoms with Gasteiger partial charge in [0.05, 0.1) is 6.61 Å². The summed E-state index contributed by atoms with van der Waals surface area (Å²) in [5, 5.41) is 12.8. The van der Waals surface area contributed by atoms with Gasteiger partial charge in [-0.25, -0.2) is 18.4 Å². The van der Waals surface area contributed by atoms with Gasteiger partial charge < -0.3 is 14.7 Å². The molecular formula is C8H14N2O6S. The lowest BCUT2D eigenvalue weighted by atomic mass is 10.3. The van der Waals surface area contributed by atoms with E-state index in [1.54, 1.807) is 0 Å². The minimum atomic E-state index is -3.84. The third kappa shape index (κ3) is 3.14. The Morgan fingerprint density at radius 2 is 2.29 bits per heavy atom. The first-order valence-corrected chi connectivity index (χ1v) is 6.41. The molecule has 0 bridgehead atoms. The molecule has 0 aromatic carbocycles. The number of sulfonamides is 1. The van der Waals surface area contributed by atoms with Gasteiger partial charge in [-0.3, -0.25) is 4.79 Å². The Kier molecular flexibility index (Phi) is 4.07. The van der Waals surface area contributed by atoms with Gasteiger partial charge in [-0.1, -0.05) is 0 Å². The van der Waals surface area contributed by atoms with Crippen LogP contribution in [0.5, 0.6) is 0 Å². The molecule has 1 rings (SSSR count). The second kappa shape index (κ2) is 4.98. The third-order valence-corrected chi connectivity index (χ3v) is 3.82. The van der Waals surface area contributed by atoms with Gasteiger partial charge in [0.2, 0.25) is 15.9 Å². The van der Waals surface area contributed by atoms with E-state index in [1.165, 1.54) is 7.11 Å². The van der Waals surface area contributed by atoms with Crippen molar-refractivity contribution in [1.82, 2.24) is 4.90 Å². The highest BCUT2D eigenvalue weighted by Crippen LogP contribution is 2.19. The highest BCUT2D eigenvalue weighted by Gasteiger charge is 2.41. The van der Waals surface area contributed by atoms with Crippen LogP contribution in [0.1, 0.15) is 6.42 Å². The maximum atomic E-state index is 11.5. The summed E-state index contributed by atoms with van der Waals surface area (Å²) in [5.41, 5.74) is 0. The Labute approximate surface area is 98.4 Å². The Balaban J connectivity index is 2.85. The van der Waals surface area contributed by atoms with Gasteiger partial charge in [-0.05, 0) is 0 Å². The first-order valence-electron chi connectivity index (χ1n) is 4.80. The van der Waals surface area contributed by atoms with E-state index in [2.05, 4.69) is 0 Å². The molecule has 9 heteroatoms. The van der Waals surface area contributed by atoms with Crippen LogP contribution >= 0.6 is 0 Å². The number of rotatable bonds is 5. The molecule has 0 radical (unpaired) electrons. The van der Waals surface area contributed by atoms with Crippen LogP contribution in [0.15, 0.2) is 0 Å². The van der Waals surface area contributed by atoms with Gasteiger partial charge in [0, 0.05) is 20.1 Å². The molecule has 1 amide bonds. The molecule has 0 spiro atoms. The highest BCUT2D eigenvalue weighted by atomic mass is 32.2. The number of amides is 1. The number of carbonyl (C=O) groups excluding carboxylic acids is 1. The van der Waals surface area contributed by atoms with Crippen LogP contribution in [0, 0.1) is 0 Å². The number of aliphatic carboxylic acids is 1. The number of likely N-dealkylation sites (tertiary alicyclic amines) is 1. The zero-order chi connectivity index (χ0) is 13.2. The van der Waals surface area contributed by atoms with Crippen molar-refractivity contribution in [2.45, 2.75) is 17.7 Å². The number of hydrogen-bond acceptors (Lipinski definition) is 5. The molecule has 1 aliphatic rings. The molecule has 2 atom stereocenters. The minimum absolute atomic E-state index is 0.196. The fraction of sp³-hybridized carbons (Fsp3) is 0.750. The number of methoxy groups -OCH3 is 1. The van der Waals surface area contributed by atoms with Crippen LogP contribution in [0.3, 0.4) is 0 Å². The summed E-state index contributed by atoms with van der Waals surface area (Å²) in [5.74, 6) is -1.79. The quantitative estimate of drug-likeness (QED) is 0.591. The number of ether oxygens (including phenoxy) is 1. The summed E-state index contributed by atoms with van der Waals surface area (Å²) in [6.45, 7) is -0.406. The van der Waals surface area contributed by atoms with Crippen molar-refractivity contribution in [3.63, 3.8) is 0 Å². The Hall–Kier alpha value is -1.19. The van der Waals surface area contributed by atoms with Crippen LogP contribution < -0.4 is 5.14 Å². The molecule has 3 N–H and O–H groups in total. The molecule has 98 valence electrons. The summed E-state index contributed by atoms with van der Waals surface area (Å²) < 4.78 is 26.9. The fourth-order valence-corrected chi connectivity index (χ4v) is 2.41. The average molecular weight is 266 g/mol. The first kappa shape index (κ1) is 13.9. The number of primary sulfonamides is 1. The van der Waals surface area contributed by atoms with Gasteiger partial charge in [0.1, 0.15) is 5.25 Å². The third-order valence-electron chi connectivity index (χ3n) is 2.57. The van der Waals surface area contributed by atoms with Gasteiger partial charge in [-0.2, -0.15) is 0 Å². The predicted octanol–water partition coefficient (Wildman–Crippen LogP) is -2.02. The standard InChI is InChI=1S/C8H14N2O6S/c1-16-4-6(8(12)13)10-3-5(2-7(10)11)17(9,14)15/h5-6H,2-4H2,1H3,(H,12,13)(H2,9,14,15)/t5?,6-/m0/s1. The van der Waals surface area contributed by atoms with Crippen molar-refractivity contribution in [1.29, 1.82) is 0 Å². The monoisotopic (exact) mass is 266 g/mol. The molecule has 0 aromatic rings. The van der Waals surface area contributed by atoms with E-state index in [0.717, 1.165) is 4.90 Å². The molecule has 1 heterocycles. The summed E-state index contributed by atoms with van der Waals surface area (Å²) in [6.07, 6.45) is -0.285. The zero-order valence-corrected chi connectivity index (χ0v) is 10.0. The van der Waals surface area contributed by atoms with Crippen molar-refractivity contribution in [3.05, 3.63) is 0 Å². The largest absolute Gasteiger partial charge is 0.480 e. The lowest BCUT2D eigenvalue weighted by molar-refractivity contribution is -0.150. The SMILES string of the molecule is COC[C@@H](C(=O)O)N1CC(S(N)(=O)=O)CC1=O. The molecule has 17 heavy (non-hydrogen) atoms. The van der Waals surface area contributed by atoms with Crippen LogP contribution in [-0.4, -0.2) is 61.9 Å². The van der Waals surface area contributed by atoms with Gasteiger partial charge >= 0.3 is 5.97 Å². The molecule has 1 fully saturated rings. The number of carboxylic acid groups (broad SMARTS) is 1. The Morgan fingerprint density at radius 1 is 1.71 bits per heavy atom. The highest BCUT2D eigenvalue weighted by molar-refractivity contribution is 7.89. The van der Waals surface area contributed by atoms with Crippen molar-refractivity contribution in [2.24, 2.45) is 5.14 Å². The summed E-state index contributed by atoms with van der Waals surface area (Å²) >= 11 is 0. The topological polar surface area (TPSA) is 127 Å². The molecular weight excluding hydrogens is 252 g/mol. The van der Waals surface area contributed by atoms with Crippen LogP contribution in [0.2, 0.25) is 0 Å². The van der Waals surface area contributed by atoms with Crippen LogP contribution in [-0.2, 0) is 24.3 Å². The average Bonchev–Trinajstić information content (AvgIpc) is 2.55. The van der Waals surface area contributed by atoms with E-state index >= 15 is 0 Å². The summed E-state index contributed by atoms with van der Waals surface area (Å²) in [7, 11) is -2.54. The van der Waals surface area contributed by atoms with E-state index in [-0.39, 0.29) is 19.6 Å². The molecule has 1 unspecified atom stereocenters. The molecule has 0 aliphatic carbocycles. The smallest absolute Gasteiger partial charge is 0.328 e. The second-order valence-corrected chi connectivity index (χ2v) is 5.62. The van der Waals surface area contributed by atoms with E-state index in [9.17, 15) is 18.0 Å². The molecule has 8 nitrogen and oxygen atoms in total. The maximum absolute atomic E-state index is 11.5. The number of carbonyl (C=O) groups is 2. The van der Waals surface area contributed by atoms with Crippen LogP contribution in [0.4, 0.5) is 0 Å². The second-order valence-electron chi connectivity index (χ2n) is 3.77. The van der Waals surface area contributed by atoms with Crippen LogP contribution in [0.25, 0.3) is 0 Å². The lowest BCUT2D eigenvalue weighted by Gasteiger charge is -2.23. The number of hydrogen-bond donors (Lipinski definition) is 2. The first-order chi connectivity index (χ1) is 7.77. The van der Waals surface area contributed by atoms with E-state index in [0.29, 0.717) is 0 Å². The van der Waals surface area contributed by atoms with Gasteiger partial charge in [0.25, 0.3) is 0 Å². The van der Waals surface area contributed by atoms with Crippen molar-refractivity contribution >= 4 is 21.9 Å². The van der Waals surface area contributed by atoms with Crippen molar-refractivity contribution in [3.8, 4) is 0 Å². The van der Waals surface area contributed by atoms with Crippen molar-refractivity contribution < 1.29 is 27.9 Å². The van der Waals surface area contributed by atoms with E-state index in [1.807, 2.05) is 0 Å². The number of nitrogens with two attached hydrogens (primary N) is 1. The minimum Gasteiger partial charge on any atom is -0.480 e. The number of nitrogens with zero attached hydrogens (tertiary/aromatic N) is 1. The molecule has 1 saturated heterocycles. The lowest BCUT2D eigenvalue weighted by Crippen LogP contribution is -2.46. The summed E-state index contributed by atoms with van der Waals surface area (Å²) in [4.78, 5) is 23.4. The normalized spacial score (nSPS) is 22.8. The van der Waals surface area contributed by atoms with E-state index in [4.69, 9.17) is 15.0 Å². The number of carboxylic acids is 1. The Bertz CT molecular complexity index is 420. The van der Waals surface area contributed by atoms with Gasteiger partial charge in [-0.15, -0.1) is 0 Å². The molecule has 1 aliphatic heterocycles. The Morgan fingerprint density at radius 3 is 2.65 bits per heavy atom. The fourth-order valence-electron chi connectivity index (χ4n) is 1.67. The van der Waals surface area contributed by atoms with E-state index < -0.39 is 33.2 Å². The van der Waals surface area contributed by atoms with Gasteiger partial charge in [0.15, 0.2) is 6.04 Å². The zero-order valence-electron chi connectivity index (χ0n) is 9.20. The summed E-state index contributed by atoms with van der Waals surface area (Å²) in [6, 6.07) is -1.18. The van der Waals surface area contributed by atoms with Crippen molar-refractivity contribution in [2.75, 3.05) is 20.3 Å². The maximum Gasteiger partial charge on any atom is 0.328 e. The molecule has 0 aromatic heterocycles. The molecule has 0 saturated carbocycles. The predicted molar refractivity (Wildman–Crippen MR) is 56.5 cm³/mol.